The van der Waals surface area contributed by atoms with E-state index in [-0.39, 0.29) is 11.8 Å². The minimum atomic E-state index is -0.0947. The number of aromatic amines is 1. The average Bonchev–Trinajstić information content (AvgIpc) is 3.47. The number of carbonyl (C=O) groups is 1. The second-order valence-corrected chi connectivity index (χ2v) is 8.06. The lowest BCUT2D eigenvalue weighted by atomic mass is 9.87. The smallest absolute Gasteiger partial charge is 0.220 e. The molecule has 2 N–H and O–H groups in total. The molecule has 0 bridgehead atoms. The molecule has 0 radical (unpaired) electrons. The SMILES string of the molecule is COc1ccc(C(CC(=O)NCCN2CCCC2)c2c[nH]c3ccccc23)cc1OC. The van der Waals surface area contributed by atoms with Crippen molar-refractivity contribution in [3.63, 3.8) is 0 Å². The predicted molar refractivity (Wildman–Crippen MR) is 123 cm³/mol. The Kier molecular flexibility index (Phi) is 6.77. The molecule has 1 atom stereocenters. The van der Waals surface area contributed by atoms with Crippen LogP contribution in [0.3, 0.4) is 0 Å². The zero-order valence-corrected chi connectivity index (χ0v) is 18.3. The van der Waals surface area contributed by atoms with Gasteiger partial charge in [0.15, 0.2) is 11.5 Å². The number of H-pyrrole nitrogens is 1. The molecule has 3 aromatic rings. The van der Waals surface area contributed by atoms with E-state index in [1.54, 1.807) is 14.2 Å². The van der Waals surface area contributed by atoms with Crippen LogP contribution in [-0.2, 0) is 4.79 Å². The topological polar surface area (TPSA) is 66.6 Å². The highest BCUT2D eigenvalue weighted by atomic mass is 16.5. The first-order valence-corrected chi connectivity index (χ1v) is 11.0. The van der Waals surface area contributed by atoms with E-state index in [1.807, 2.05) is 36.5 Å². The van der Waals surface area contributed by atoms with Gasteiger partial charge in [-0.15, -0.1) is 0 Å². The lowest BCUT2D eigenvalue weighted by Gasteiger charge is -2.20. The molecule has 1 aliphatic heterocycles. The van der Waals surface area contributed by atoms with Gasteiger partial charge in [0.25, 0.3) is 0 Å². The molecule has 1 saturated heterocycles. The molecule has 0 saturated carbocycles. The quantitative estimate of drug-likeness (QED) is 0.550. The predicted octanol–water partition coefficient (Wildman–Crippen LogP) is 3.92. The van der Waals surface area contributed by atoms with E-state index < -0.39 is 0 Å². The van der Waals surface area contributed by atoms with Crippen LogP contribution in [0.5, 0.6) is 11.5 Å². The monoisotopic (exact) mass is 421 g/mol. The molecule has 31 heavy (non-hydrogen) atoms. The number of ether oxygens (including phenoxy) is 2. The van der Waals surface area contributed by atoms with Gasteiger partial charge in [0, 0.05) is 42.5 Å². The van der Waals surface area contributed by atoms with Gasteiger partial charge in [-0.2, -0.15) is 0 Å². The van der Waals surface area contributed by atoms with Crippen LogP contribution in [0.2, 0.25) is 0 Å². The molecule has 1 aliphatic rings. The fraction of sp³-hybridized carbons (Fsp3) is 0.400. The van der Waals surface area contributed by atoms with E-state index in [4.69, 9.17) is 9.47 Å². The van der Waals surface area contributed by atoms with E-state index in [2.05, 4.69) is 27.3 Å². The number of benzene rings is 2. The summed E-state index contributed by atoms with van der Waals surface area (Å²) in [5.41, 5.74) is 3.20. The van der Waals surface area contributed by atoms with Gasteiger partial charge in [-0.05, 0) is 55.3 Å². The van der Waals surface area contributed by atoms with Crippen LogP contribution < -0.4 is 14.8 Å². The molecule has 1 fully saturated rings. The Labute approximate surface area is 183 Å². The highest BCUT2D eigenvalue weighted by Crippen LogP contribution is 2.37. The van der Waals surface area contributed by atoms with Gasteiger partial charge in [0.1, 0.15) is 0 Å². The Morgan fingerprint density at radius 1 is 1.10 bits per heavy atom. The zero-order valence-electron chi connectivity index (χ0n) is 18.3. The molecule has 1 unspecified atom stereocenters. The number of nitrogens with one attached hydrogen (secondary N) is 2. The summed E-state index contributed by atoms with van der Waals surface area (Å²) in [7, 11) is 3.26. The third-order valence-corrected chi connectivity index (χ3v) is 6.15. The Morgan fingerprint density at radius 3 is 2.65 bits per heavy atom. The van der Waals surface area contributed by atoms with E-state index >= 15 is 0 Å². The molecule has 2 heterocycles. The number of para-hydroxylation sites is 1. The van der Waals surface area contributed by atoms with Crippen molar-refractivity contribution in [3.05, 3.63) is 59.8 Å². The highest BCUT2D eigenvalue weighted by Gasteiger charge is 2.23. The third kappa shape index (κ3) is 4.85. The van der Waals surface area contributed by atoms with Crippen molar-refractivity contribution in [2.45, 2.75) is 25.2 Å². The Bertz CT molecular complexity index is 1020. The standard InChI is InChI=1S/C25H31N3O3/c1-30-23-10-9-18(15-24(23)31-2)20(21-17-27-22-8-4-3-7-19(21)22)16-25(29)26-11-14-28-12-5-6-13-28/h3-4,7-10,15,17,20,27H,5-6,11-14,16H2,1-2H3,(H,26,29). The number of rotatable bonds is 9. The summed E-state index contributed by atoms with van der Waals surface area (Å²) < 4.78 is 10.9. The summed E-state index contributed by atoms with van der Waals surface area (Å²) in [6, 6.07) is 14.1. The molecule has 1 aromatic heterocycles. The molecule has 0 spiro atoms. The number of nitrogens with zero attached hydrogens (tertiary/aromatic N) is 1. The number of likely N-dealkylation sites (tertiary alicyclic amines) is 1. The number of carbonyl (C=O) groups excluding carboxylic acids is 1. The lowest BCUT2D eigenvalue weighted by Crippen LogP contribution is -2.34. The molecule has 164 valence electrons. The number of aromatic nitrogens is 1. The van der Waals surface area contributed by atoms with Gasteiger partial charge in [0.05, 0.1) is 14.2 Å². The fourth-order valence-electron chi connectivity index (χ4n) is 4.48. The van der Waals surface area contributed by atoms with Crippen LogP contribution in [0.15, 0.2) is 48.7 Å². The third-order valence-electron chi connectivity index (χ3n) is 6.15. The molecule has 4 rings (SSSR count). The van der Waals surface area contributed by atoms with Gasteiger partial charge in [-0.3, -0.25) is 4.79 Å². The number of fused-ring (bicyclic) bond motifs is 1. The summed E-state index contributed by atoms with van der Waals surface area (Å²) in [5.74, 6) is 1.31. The molecule has 6 nitrogen and oxygen atoms in total. The number of amides is 1. The van der Waals surface area contributed by atoms with Crippen molar-refractivity contribution in [1.29, 1.82) is 0 Å². The van der Waals surface area contributed by atoms with Crippen molar-refractivity contribution in [2.24, 2.45) is 0 Å². The summed E-state index contributed by atoms with van der Waals surface area (Å²) >= 11 is 0. The second-order valence-electron chi connectivity index (χ2n) is 8.06. The zero-order chi connectivity index (χ0) is 21.6. The van der Waals surface area contributed by atoms with E-state index in [1.165, 1.54) is 12.8 Å². The largest absolute Gasteiger partial charge is 0.493 e. The number of hydrogen-bond acceptors (Lipinski definition) is 4. The summed E-state index contributed by atoms with van der Waals surface area (Å²) in [5, 5.41) is 4.26. The normalized spacial score (nSPS) is 15.2. The first kappa shape index (κ1) is 21.2. The maximum Gasteiger partial charge on any atom is 0.220 e. The van der Waals surface area contributed by atoms with Crippen LogP contribution in [0.4, 0.5) is 0 Å². The van der Waals surface area contributed by atoms with Gasteiger partial charge >= 0.3 is 0 Å². The number of hydrogen-bond donors (Lipinski definition) is 2. The summed E-state index contributed by atoms with van der Waals surface area (Å²) in [6.45, 7) is 3.88. The fourth-order valence-corrected chi connectivity index (χ4v) is 4.48. The second kappa shape index (κ2) is 9.88. The highest BCUT2D eigenvalue weighted by molar-refractivity contribution is 5.86. The van der Waals surface area contributed by atoms with Crippen molar-refractivity contribution in [3.8, 4) is 11.5 Å². The van der Waals surface area contributed by atoms with Crippen molar-refractivity contribution >= 4 is 16.8 Å². The van der Waals surface area contributed by atoms with Crippen molar-refractivity contribution < 1.29 is 14.3 Å². The van der Waals surface area contributed by atoms with Crippen LogP contribution in [0.1, 0.15) is 36.3 Å². The van der Waals surface area contributed by atoms with Crippen LogP contribution >= 0.6 is 0 Å². The minimum absolute atomic E-state index is 0.0595. The Morgan fingerprint density at radius 2 is 1.87 bits per heavy atom. The Hall–Kier alpha value is -2.99. The minimum Gasteiger partial charge on any atom is -0.493 e. The van der Waals surface area contributed by atoms with Gasteiger partial charge in [0.2, 0.25) is 5.91 Å². The molecule has 6 heteroatoms. The van der Waals surface area contributed by atoms with Gasteiger partial charge in [-0.1, -0.05) is 24.3 Å². The van der Waals surface area contributed by atoms with E-state index in [0.717, 1.165) is 41.7 Å². The van der Waals surface area contributed by atoms with E-state index in [0.29, 0.717) is 24.5 Å². The van der Waals surface area contributed by atoms with Gasteiger partial charge < -0.3 is 24.7 Å². The van der Waals surface area contributed by atoms with Crippen LogP contribution in [0, 0.1) is 0 Å². The maximum absolute atomic E-state index is 12.9. The summed E-state index contributed by atoms with van der Waals surface area (Å²) in [4.78, 5) is 18.7. The van der Waals surface area contributed by atoms with Crippen LogP contribution in [-0.4, -0.2) is 56.2 Å². The Balaban J connectivity index is 1.57. The average molecular weight is 422 g/mol. The molecule has 0 aliphatic carbocycles. The molecular weight excluding hydrogens is 390 g/mol. The molecule has 2 aromatic carbocycles. The first-order chi connectivity index (χ1) is 15.2. The molecular formula is C25H31N3O3. The summed E-state index contributed by atoms with van der Waals surface area (Å²) in [6.07, 6.45) is 4.91. The molecule has 1 amide bonds. The number of methoxy groups -OCH3 is 2. The van der Waals surface area contributed by atoms with E-state index in [9.17, 15) is 4.79 Å². The maximum atomic E-state index is 12.9. The van der Waals surface area contributed by atoms with Crippen LogP contribution in [0.25, 0.3) is 10.9 Å². The lowest BCUT2D eigenvalue weighted by molar-refractivity contribution is -0.121. The van der Waals surface area contributed by atoms with Gasteiger partial charge in [-0.25, -0.2) is 0 Å². The van der Waals surface area contributed by atoms with Crippen molar-refractivity contribution in [1.82, 2.24) is 15.2 Å². The first-order valence-electron chi connectivity index (χ1n) is 11.0. The van der Waals surface area contributed by atoms with Crippen molar-refractivity contribution in [2.75, 3.05) is 40.4 Å².